The number of rotatable bonds is 4. The molecule has 0 aliphatic rings. The Morgan fingerprint density at radius 1 is 1.59 bits per heavy atom. The number of nitrogens with two attached hydrogens (primary N) is 1. The molecule has 0 radical (unpaired) electrons. The summed E-state index contributed by atoms with van der Waals surface area (Å²) >= 11 is 0. The quantitative estimate of drug-likeness (QED) is 0.853. The third-order valence-corrected chi connectivity index (χ3v) is 2.80. The normalized spacial score (nSPS) is 12.6. The highest BCUT2D eigenvalue weighted by Crippen LogP contribution is 2.26. The molecule has 0 aliphatic carbocycles. The van der Waals surface area contributed by atoms with Gasteiger partial charge in [-0.05, 0) is 32.9 Å². The third-order valence-electron chi connectivity index (χ3n) is 2.80. The van der Waals surface area contributed by atoms with Crippen LogP contribution in [-0.4, -0.2) is 9.78 Å². The van der Waals surface area contributed by atoms with E-state index in [1.807, 2.05) is 37.6 Å². The van der Waals surface area contributed by atoms with Crippen molar-refractivity contribution < 1.29 is 4.42 Å². The van der Waals surface area contributed by atoms with Crippen LogP contribution in [0.2, 0.25) is 0 Å². The first kappa shape index (κ1) is 11.6. The lowest BCUT2D eigenvalue weighted by molar-refractivity contribution is 0.488. The van der Waals surface area contributed by atoms with Crippen LogP contribution < -0.4 is 11.1 Å². The Morgan fingerprint density at radius 3 is 2.94 bits per heavy atom. The number of hydrogen-bond donors (Lipinski definition) is 2. The van der Waals surface area contributed by atoms with Gasteiger partial charge in [0.1, 0.15) is 11.6 Å². The van der Waals surface area contributed by atoms with Crippen LogP contribution in [0.3, 0.4) is 0 Å². The molecule has 2 aromatic rings. The number of nitrogens with one attached hydrogen (secondary N) is 1. The molecule has 92 valence electrons. The minimum atomic E-state index is 0.0636. The highest BCUT2D eigenvalue weighted by Gasteiger charge is 2.15. The molecule has 2 rings (SSSR count). The summed E-state index contributed by atoms with van der Waals surface area (Å²) in [7, 11) is 0. The molecule has 0 spiro atoms. The Labute approximate surface area is 101 Å². The van der Waals surface area contributed by atoms with E-state index in [-0.39, 0.29) is 6.04 Å². The van der Waals surface area contributed by atoms with Crippen LogP contribution in [0.5, 0.6) is 0 Å². The molecule has 2 heterocycles. The maximum atomic E-state index is 6.00. The topological polar surface area (TPSA) is 69.0 Å². The summed E-state index contributed by atoms with van der Waals surface area (Å²) in [5.41, 5.74) is 7.55. The molecule has 0 bridgehead atoms. The maximum Gasteiger partial charge on any atom is 0.148 e. The van der Waals surface area contributed by atoms with E-state index in [9.17, 15) is 0 Å². The average Bonchev–Trinajstić information content (AvgIpc) is 2.92. The molecule has 5 heteroatoms. The lowest BCUT2D eigenvalue weighted by atomic mass is 10.2. The second kappa shape index (κ2) is 4.53. The van der Waals surface area contributed by atoms with Gasteiger partial charge in [0.15, 0.2) is 0 Å². The zero-order valence-corrected chi connectivity index (χ0v) is 10.4. The monoisotopic (exact) mass is 234 g/mol. The Balaban J connectivity index is 2.24. The van der Waals surface area contributed by atoms with Gasteiger partial charge in [0, 0.05) is 6.54 Å². The van der Waals surface area contributed by atoms with E-state index < -0.39 is 0 Å². The van der Waals surface area contributed by atoms with Crippen molar-refractivity contribution in [1.29, 1.82) is 0 Å². The number of anilines is 2. The van der Waals surface area contributed by atoms with Crippen molar-refractivity contribution in [2.45, 2.75) is 33.4 Å². The number of aromatic nitrogens is 2. The number of hydrogen-bond acceptors (Lipinski definition) is 4. The first-order valence-corrected chi connectivity index (χ1v) is 5.76. The van der Waals surface area contributed by atoms with Gasteiger partial charge in [0.05, 0.1) is 23.7 Å². The Hall–Kier alpha value is -1.91. The summed E-state index contributed by atoms with van der Waals surface area (Å²) in [4.78, 5) is 0. The van der Waals surface area contributed by atoms with E-state index in [0.717, 1.165) is 23.8 Å². The summed E-state index contributed by atoms with van der Waals surface area (Å²) in [6, 6.07) is 3.88. The van der Waals surface area contributed by atoms with Crippen molar-refractivity contribution in [1.82, 2.24) is 9.78 Å². The summed E-state index contributed by atoms with van der Waals surface area (Å²) in [5, 5.41) is 7.70. The van der Waals surface area contributed by atoms with Crippen molar-refractivity contribution in [2.24, 2.45) is 0 Å². The molecule has 1 unspecified atom stereocenters. The molecule has 0 fully saturated rings. The van der Waals surface area contributed by atoms with E-state index in [4.69, 9.17) is 10.2 Å². The summed E-state index contributed by atoms with van der Waals surface area (Å²) < 4.78 is 7.22. The fraction of sp³-hybridized carbons (Fsp3) is 0.417. The molecule has 5 nitrogen and oxygen atoms in total. The minimum absolute atomic E-state index is 0.0636. The molecule has 0 amide bonds. The van der Waals surface area contributed by atoms with Crippen molar-refractivity contribution >= 4 is 11.5 Å². The van der Waals surface area contributed by atoms with E-state index in [1.54, 1.807) is 6.26 Å². The molecule has 0 saturated carbocycles. The predicted molar refractivity (Wildman–Crippen MR) is 67.8 cm³/mol. The first-order chi connectivity index (χ1) is 8.13. The van der Waals surface area contributed by atoms with Gasteiger partial charge in [-0.3, -0.25) is 0 Å². The van der Waals surface area contributed by atoms with Gasteiger partial charge < -0.3 is 15.5 Å². The number of furan rings is 1. The van der Waals surface area contributed by atoms with Gasteiger partial charge in [0.2, 0.25) is 0 Å². The fourth-order valence-corrected chi connectivity index (χ4v) is 1.79. The number of aryl methyl sites for hydroxylation is 2. The molecule has 3 N–H and O–H groups in total. The van der Waals surface area contributed by atoms with Gasteiger partial charge >= 0.3 is 0 Å². The summed E-state index contributed by atoms with van der Waals surface area (Å²) in [5.74, 6) is 1.74. The first-order valence-electron chi connectivity index (χ1n) is 5.76. The average molecular weight is 234 g/mol. The molecule has 0 saturated heterocycles. The lowest BCUT2D eigenvalue weighted by Gasteiger charge is -2.14. The minimum Gasteiger partial charge on any atom is -0.467 e. The second-order valence-electron chi connectivity index (χ2n) is 4.04. The van der Waals surface area contributed by atoms with Crippen molar-refractivity contribution in [3.05, 3.63) is 29.9 Å². The van der Waals surface area contributed by atoms with Crippen LogP contribution in [0.15, 0.2) is 22.8 Å². The molecule has 0 aliphatic heterocycles. The zero-order chi connectivity index (χ0) is 12.4. The van der Waals surface area contributed by atoms with Crippen LogP contribution in [0.4, 0.5) is 11.5 Å². The Morgan fingerprint density at radius 2 is 2.35 bits per heavy atom. The maximum absolute atomic E-state index is 6.00. The fourth-order valence-electron chi connectivity index (χ4n) is 1.79. The molecule has 17 heavy (non-hydrogen) atoms. The summed E-state index contributed by atoms with van der Waals surface area (Å²) in [6.07, 6.45) is 1.67. The molecular weight excluding hydrogens is 216 g/mol. The third kappa shape index (κ3) is 2.13. The van der Waals surface area contributed by atoms with Crippen LogP contribution in [0.1, 0.15) is 31.3 Å². The zero-order valence-electron chi connectivity index (χ0n) is 10.4. The molecule has 2 aromatic heterocycles. The van der Waals surface area contributed by atoms with Crippen molar-refractivity contribution in [3.8, 4) is 0 Å². The SMILES string of the molecule is CCn1nc(C)c(N)c1NC(C)c1ccco1. The summed E-state index contributed by atoms with van der Waals surface area (Å²) in [6.45, 7) is 6.75. The van der Waals surface area contributed by atoms with Crippen LogP contribution in [0.25, 0.3) is 0 Å². The highest BCUT2D eigenvalue weighted by molar-refractivity contribution is 5.65. The Kier molecular flexibility index (Phi) is 3.08. The second-order valence-corrected chi connectivity index (χ2v) is 4.04. The van der Waals surface area contributed by atoms with E-state index in [0.29, 0.717) is 5.69 Å². The Bertz CT molecular complexity index is 487. The van der Waals surface area contributed by atoms with Crippen LogP contribution in [0, 0.1) is 6.92 Å². The number of nitrogens with zero attached hydrogens (tertiary/aromatic N) is 2. The van der Waals surface area contributed by atoms with Crippen molar-refractivity contribution in [3.63, 3.8) is 0 Å². The lowest BCUT2D eigenvalue weighted by Crippen LogP contribution is -2.12. The largest absolute Gasteiger partial charge is 0.467 e. The van der Waals surface area contributed by atoms with Gasteiger partial charge in [0.25, 0.3) is 0 Å². The standard InChI is InChI=1S/C12H18N4O/c1-4-16-12(11(13)9(3)15-16)14-8(2)10-6-5-7-17-10/h5-8,14H,4,13H2,1-3H3. The van der Waals surface area contributed by atoms with Gasteiger partial charge in [-0.15, -0.1) is 0 Å². The van der Waals surface area contributed by atoms with Gasteiger partial charge in [-0.25, -0.2) is 4.68 Å². The highest BCUT2D eigenvalue weighted by atomic mass is 16.3. The van der Waals surface area contributed by atoms with E-state index in [1.165, 1.54) is 0 Å². The smallest absolute Gasteiger partial charge is 0.148 e. The molecular formula is C12H18N4O. The molecule has 0 aromatic carbocycles. The van der Waals surface area contributed by atoms with E-state index >= 15 is 0 Å². The van der Waals surface area contributed by atoms with Gasteiger partial charge in [-0.1, -0.05) is 0 Å². The predicted octanol–water partition coefficient (Wildman–Crippen LogP) is 2.56. The van der Waals surface area contributed by atoms with E-state index in [2.05, 4.69) is 10.4 Å². The number of nitrogen functional groups attached to an aromatic ring is 1. The molecule has 1 atom stereocenters. The van der Waals surface area contributed by atoms with Crippen LogP contribution in [-0.2, 0) is 6.54 Å². The van der Waals surface area contributed by atoms with Crippen LogP contribution >= 0.6 is 0 Å². The van der Waals surface area contributed by atoms with Crippen molar-refractivity contribution in [2.75, 3.05) is 11.1 Å². The van der Waals surface area contributed by atoms with Gasteiger partial charge in [-0.2, -0.15) is 5.10 Å².